The molecule has 0 spiro atoms. The lowest BCUT2D eigenvalue weighted by Crippen LogP contribution is -2.28. The number of thioether (sulfide) groups is 1. The van der Waals surface area contributed by atoms with Gasteiger partial charge in [0.1, 0.15) is 13.2 Å². The number of fused-ring (bicyclic) bond motifs is 2. The largest absolute Gasteiger partial charge is 0.486 e. The molecule has 0 fully saturated rings. The third kappa shape index (κ3) is 4.63. The highest BCUT2D eigenvalue weighted by Gasteiger charge is 2.21. The minimum absolute atomic E-state index is 0.0993. The smallest absolute Gasteiger partial charge is 0.277 e. The zero-order valence-electron chi connectivity index (χ0n) is 18.1. The number of benzene rings is 1. The summed E-state index contributed by atoms with van der Waals surface area (Å²) in [6, 6.07) is 7.76. The number of amides is 1. The number of nitrogens with zero attached hydrogens (tertiary/aromatic N) is 2. The number of carbonyl (C=O) groups excluding carboxylic acids is 1. The number of hydrogen-bond acceptors (Lipinski definition) is 8. The van der Waals surface area contributed by atoms with Crippen LogP contribution in [0.4, 0.5) is 0 Å². The summed E-state index contributed by atoms with van der Waals surface area (Å²) in [4.78, 5) is 14.9. The van der Waals surface area contributed by atoms with Gasteiger partial charge in [0.25, 0.3) is 11.1 Å². The standard InChI is InChI=1S/C23H25N3O4S2/c1-13-3-6-19-16(9-13)11-20(32-19)22-25-26-23(30-22)31-12-21(27)24-14(2)15-4-5-17-18(10-15)29-8-7-28-17/h4-5,10-11,13-14H,3,6-9,12H2,1-2H3,(H,24,27)/t13-,14+/m0/s1. The van der Waals surface area contributed by atoms with Crippen molar-refractivity contribution in [1.82, 2.24) is 15.5 Å². The van der Waals surface area contributed by atoms with Gasteiger partial charge in [-0.3, -0.25) is 4.79 Å². The summed E-state index contributed by atoms with van der Waals surface area (Å²) >= 11 is 2.99. The number of thiophene rings is 1. The number of hydrogen-bond donors (Lipinski definition) is 1. The number of nitrogens with one attached hydrogen (secondary N) is 1. The molecule has 1 aliphatic carbocycles. The molecule has 1 N–H and O–H groups in total. The van der Waals surface area contributed by atoms with Gasteiger partial charge in [0.15, 0.2) is 11.5 Å². The Morgan fingerprint density at radius 3 is 2.97 bits per heavy atom. The van der Waals surface area contributed by atoms with Gasteiger partial charge in [-0.1, -0.05) is 24.8 Å². The molecule has 0 saturated carbocycles. The van der Waals surface area contributed by atoms with Crippen LogP contribution in [0.15, 0.2) is 33.9 Å². The summed E-state index contributed by atoms with van der Waals surface area (Å²) in [5.41, 5.74) is 2.37. The molecule has 1 aliphatic heterocycles. The van der Waals surface area contributed by atoms with Gasteiger partial charge in [-0.2, -0.15) is 0 Å². The average Bonchev–Trinajstić information content (AvgIpc) is 3.44. The minimum atomic E-state index is -0.156. The van der Waals surface area contributed by atoms with Gasteiger partial charge in [-0.15, -0.1) is 21.5 Å². The van der Waals surface area contributed by atoms with Crippen LogP contribution < -0.4 is 14.8 Å². The minimum Gasteiger partial charge on any atom is -0.486 e. The predicted molar refractivity (Wildman–Crippen MR) is 124 cm³/mol. The second-order valence-electron chi connectivity index (χ2n) is 8.26. The summed E-state index contributed by atoms with van der Waals surface area (Å²) in [6.45, 7) is 5.33. The van der Waals surface area contributed by atoms with Gasteiger partial charge in [-0.25, -0.2) is 0 Å². The van der Waals surface area contributed by atoms with Crippen LogP contribution in [0.25, 0.3) is 10.8 Å². The fourth-order valence-electron chi connectivity index (χ4n) is 4.00. The van der Waals surface area contributed by atoms with Crippen LogP contribution in [0.1, 0.15) is 42.3 Å². The van der Waals surface area contributed by atoms with E-state index in [9.17, 15) is 4.79 Å². The van der Waals surface area contributed by atoms with Gasteiger partial charge in [0.2, 0.25) is 5.91 Å². The van der Waals surface area contributed by atoms with Gasteiger partial charge >= 0.3 is 0 Å². The lowest BCUT2D eigenvalue weighted by molar-refractivity contribution is -0.119. The van der Waals surface area contributed by atoms with E-state index in [2.05, 4.69) is 28.5 Å². The zero-order valence-corrected chi connectivity index (χ0v) is 19.7. The summed E-state index contributed by atoms with van der Waals surface area (Å²) < 4.78 is 17.0. The Labute approximate surface area is 194 Å². The molecule has 3 heterocycles. The highest BCUT2D eigenvalue weighted by atomic mass is 32.2. The van der Waals surface area contributed by atoms with Crippen LogP contribution in [-0.4, -0.2) is 35.1 Å². The van der Waals surface area contributed by atoms with E-state index in [4.69, 9.17) is 13.9 Å². The van der Waals surface area contributed by atoms with Crippen molar-refractivity contribution in [3.8, 4) is 22.3 Å². The highest BCUT2D eigenvalue weighted by Crippen LogP contribution is 2.37. The van der Waals surface area contributed by atoms with Crippen molar-refractivity contribution in [1.29, 1.82) is 0 Å². The number of aryl methyl sites for hydroxylation is 1. The van der Waals surface area contributed by atoms with Gasteiger partial charge in [0.05, 0.1) is 16.7 Å². The van der Waals surface area contributed by atoms with E-state index in [1.165, 1.54) is 28.6 Å². The van der Waals surface area contributed by atoms with Crippen molar-refractivity contribution in [2.45, 2.75) is 44.4 Å². The first-order chi connectivity index (χ1) is 15.5. The lowest BCUT2D eigenvalue weighted by atomic mass is 9.90. The van der Waals surface area contributed by atoms with Crippen LogP contribution in [-0.2, 0) is 17.6 Å². The maximum atomic E-state index is 12.5. The first kappa shape index (κ1) is 21.3. The zero-order chi connectivity index (χ0) is 22.1. The first-order valence-electron chi connectivity index (χ1n) is 10.8. The van der Waals surface area contributed by atoms with E-state index in [1.807, 2.05) is 25.1 Å². The molecule has 0 bridgehead atoms. The molecule has 0 radical (unpaired) electrons. The van der Waals surface area contributed by atoms with Crippen LogP contribution >= 0.6 is 23.1 Å². The Morgan fingerprint density at radius 1 is 1.25 bits per heavy atom. The summed E-state index contributed by atoms with van der Waals surface area (Å²) in [5, 5.41) is 11.7. The molecular weight excluding hydrogens is 446 g/mol. The normalized spacial score (nSPS) is 18.1. The van der Waals surface area contributed by atoms with Crippen LogP contribution in [0, 0.1) is 5.92 Å². The Balaban J connectivity index is 1.16. The van der Waals surface area contributed by atoms with E-state index >= 15 is 0 Å². The summed E-state index contributed by atoms with van der Waals surface area (Å²) in [5.74, 6) is 2.81. The molecule has 0 unspecified atom stereocenters. The van der Waals surface area contributed by atoms with E-state index < -0.39 is 0 Å². The molecule has 3 aromatic rings. The SMILES string of the molecule is C[C@H]1CCc2sc(-c3nnc(SCC(=O)N[C@H](C)c4ccc5c(c4)OCCO5)o3)cc2C1. The third-order valence-electron chi connectivity index (χ3n) is 5.72. The number of ether oxygens (including phenoxy) is 2. The summed E-state index contributed by atoms with van der Waals surface area (Å²) in [7, 11) is 0. The maximum Gasteiger partial charge on any atom is 0.277 e. The first-order valence-corrected chi connectivity index (χ1v) is 12.6. The molecule has 32 heavy (non-hydrogen) atoms. The maximum absolute atomic E-state index is 12.5. The van der Waals surface area contributed by atoms with Crippen LogP contribution in [0.2, 0.25) is 0 Å². The Bertz CT molecular complexity index is 1130. The van der Waals surface area contributed by atoms with E-state index in [1.54, 1.807) is 11.3 Å². The van der Waals surface area contributed by atoms with Crippen molar-refractivity contribution in [3.05, 3.63) is 40.3 Å². The molecule has 7 nitrogen and oxygen atoms in total. The molecule has 1 amide bonds. The van der Waals surface area contributed by atoms with E-state index in [-0.39, 0.29) is 17.7 Å². The fraction of sp³-hybridized carbons (Fsp3) is 0.435. The number of aromatic nitrogens is 2. The Hall–Kier alpha value is -2.52. The topological polar surface area (TPSA) is 86.5 Å². The van der Waals surface area contributed by atoms with E-state index in [0.717, 1.165) is 34.9 Å². The van der Waals surface area contributed by atoms with Crippen molar-refractivity contribution < 1.29 is 18.7 Å². The van der Waals surface area contributed by atoms with Crippen molar-refractivity contribution in [2.75, 3.05) is 19.0 Å². The number of carbonyl (C=O) groups is 1. The van der Waals surface area contributed by atoms with Gasteiger partial charge in [0, 0.05) is 4.88 Å². The molecule has 9 heteroatoms. The quantitative estimate of drug-likeness (QED) is 0.523. The van der Waals surface area contributed by atoms with Gasteiger partial charge < -0.3 is 19.2 Å². The third-order valence-corrected chi connectivity index (χ3v) is 7.76. The molecular formula is C23H25N3O4S2. The van der Waals surface area contributed by atoms with Crippen molar-refractivity contribution >= 4 is 29.0 Å². The van der Waals surface area contributed by atoms with Crippen LogP contribution in [0.3, 0.4) is 0 Å². The second kappa shape index (κ2) is 9.15. The van der Waals surface area contributed by atoms with Gasteiger partial charge in [-0.05, 0) is 61.4 Å². The number of rotatable bonds is 6. The molecule has 168 valence electrons. The Kier molecular flexibility index (Phi) is 6.10. The lowest BCUT2D eigenvalue weighted by Gasteiger charge is -2.21. The fourth-order valence-corrected chi connectivity index (χ4v) is 5.71. The van der Waals surface area contributed by atoms with E-state index in [0.29, 0.717) is 30.1 Å². The molecule has 2 aliphatic rings. The molecule has 1 aromatic carbocycles. The Morgan fingerprint density at radius 2 is 2.09 bits per heavy atom. The van der Waals surface area contributed by atoms with Crippen molar-refractivity contribution in [2.24, 2.45) is 5.92 Å². The molecule has 0 saturated heterocycles. The molecule has 2 atom stereocenters. The van der Waals surface area contributed by atoms with Crippen LogP contribution in [0.5, 0.6) is 11.5 Å². The summed E-state index contributed by atoms with van der Waals surface area (Å²) in [6.07, 6.45) is 3.47. The monoisotopic (exact) mass is 471 g/mol. The molecule has 2 aromatic heterocycles. The highest BCUT2D eigenvalue weighted by molar-refractivity contribution is 7.99. The second-order valence-corrected chi connectivity index (χ2v) is 10.3. The van der Waals surface area contributed by atoms with Crippen molar-refractivity contribution in [3.63, 3.8) is 0 Å². The predicted octanol–water partition coefficient (Wildman–Crippen LogP) is 4.66. The average molecular weight is 472 g/mol. The molecule has 5 rings (SSSR count).